The average molecular weight is 994 g/mol. The Morgan fingerprint density at radius 1 is 0.630 bits per heavy atom. The first-order valence-electron chi connectivity index (χ1n) is 25.9. The molecule has 10 rings (SSSR count). The highest BCUT2D eigenvalue weighted by atomic mass is 16.5. The van der Waals surface area contributed by atoms with Gasteiger partial charge in [0.1, 0.15) is 29.6 Å². The van der Waals surface area contributed by atoms with Crippen LogP contribution in [0, 0.1) is 11.8 Å². The second-order valence-electron chi connectivity index (χ2n) is 20.5. The van der Waals surface area contributed by atoms with E-state index in [4.69, 9.17) is 29.2 Å². The molecular weight excluding hydrogens is 927 g/mol. The Morgan fingerprint density at radius 3 is 1.64 bits per heavy atom. The van der Waals surface area contributed by atoms with Crippen LogP contribution in [-0.2, 0) is 23.8 Å². The van der Waals surface area contributed by atoms with Crippen LogP contribution in [0.15, 0.2) is 79.0 Å². The van der Waals surface area contributed by atoms with Crippen molar-refractivity contribution in [3.63, 3.8) is 0 Å². The summed E-state index contributed by atoms with van der Waals surface area (Å²) in [7, 11) is 2.60. The Labute approximate surface area is 425 Å². The number of carbonyl (C=O) groups is 4. The number of methoxy groups -OCH3 is 2. The highest BCUT2D eigenvalue weighted by Crippen LogP contribution is 2.48. The molecular formula is C55H67N11O7. The summed E-state index contributed by atoms with van der Waals surface area (Å²) in [5.41, 5.74) is 8.88. The minimum Gasteiger partial charge on any atom is -0.453 e. The molecule has 7 heterocycles. The summed E-state index contributed by atoms with van der Waals surface area (Å²) in [4.78, 5) is 83.3. The van der Waals surface area contributed by atoms with E-state index < -0.39 is 24.3 Å². The van der Waals surface area contributed by atoms with Crippen molar-refractivity contribution in [2.24, 2.45) is 11.8 Å². The Balaban J connectivity index is 0.968. The summed E-state index contributed by atoms with van der Waals surface area (Å²) < 4.78 is 15.3. The predicted octanol–water partition coefficient (Wildman–Crippen LogP) is 8.51. The summed E-state index contributed by atoms with van der Waals surface area (Å²) in [6, 6.07) is 24.0. The number of rotatable bonds is 13. The number of H-pyrrole nitrogens is 2. The third-order valence-electron chi connectivity index (χ3n) is 15.3. The number of fused-ring (bicyclic) bond motifs is 2. The van der Waals surface area contributed by atoms with E-state index in [-0.39, 0.29) is 47.8 Å². The van der Waals surface area contributed by atoms with E-state index in [0.717, 1.165) is 119 Å². The normalized spacial score (nSPS) is 21.1. The van der Waals surface area contributed by atoms with Gasteiger partial charge in [0.25, 0.3) is 0 Å². The maximum atomic E-state index is 14.0. The SMILES string of the molecule is COC(=O)N[C@H](C(=O)N1CCC[C@H]1c1nc2cc([C@H]3CC[C@H](c4ccc5[nH]c([C@@H]6CCCN6C(=O)[C@@H](NC(=O)OC)C(C)C)nc5c4)N3c3cccc(-c4ccc(N5CCOCC5)nc4)c3)ccc2[nH]1)C(C)C. The summed E-state index contributed by atoms with van der Waals surface area (Å²) in [5.74, 6) is 1.85. The van der Waals surface area contributed by atoms with E-state index in [1.54, 1.807) is 0 Å². The molecule has 384 valence electrons. The second-order valence-corrected chi connectivity index (χ2v) is 20.5. The smallest absolute Gasteiger partial charge is 0.407 e. The summed E-state index contributed by atoms with van der Waals surface area (Å²) in [6.45, 7) is 11.8. The van der Waals surface area contributed by atoms with Gasteiger partial charge in [-0.2, -0.15) is 0 Å². The molecule has 0 bridgehead atoms. The number of alkyl carbamates (subject to hydrolysis) is 2. The molecule has 4 N–H and O–H groups in total. The number of imidazole rings is 2. The van der Waals surface area contributed by atoms with Crippen LogP contribution < -0.4 is 20.4 Å². The monoisotopic (exact) mass is 994 g/mol. The van der Waals surface area contributed by atoms with Crippen molar-refractivity contribution in [2.45, 2.75) is 102 Å². The van der Waals surface area contributed by atoms with Crippen molar-refractivity contribution < 1.29 is 33.4 Å². The number of aromatic amines is 2. The molecule has 3 aromatic carbocycles. The van der Waals surface area contributed by atoms with Crippen LogP contribution in [0.2, 0.25) is 0 Å². The number of nitrogens with zero attached hydrogens (tertiary/aromatic N) is 7. The number of likely N-dealkylation sites (tertiary alicyclic amines) is 2. The fourth-order valence-electron chi connectivity index (χ4n) is 11.4. The maximum Gasteiger partial charge on any atom is 0.407 e. The zero-order valence-corrected chi connectivity index (χ0v) is 42.6. The van der Waals surface area contributed by atoms with E-state index >= 15 is 0 Å². The van der Waals surface area contributed by atoms with Gasteiger partial charge >= 0.3 is 12.2 Å². The molecule has 18 nitrogen and oxygen atoms in total. The topological polar surface area (TPSA) is 203 Å². The number of anilines is 2. The number of nitrogens with one attached hydrogen (secondary N) is 4. The largest absolute Gasteiger partial charge is 0.453 e. The third-order valence-corrected chi connectivity index (χ3v) is 15.3. The molecule has 0 aliphatic carbocycles. The number of aromatic nitrogens is 5. The lowest BCUT2D eigenvalue weighted by molar-refractivity contribution is -0.136. The molecule has 0 saturated carbocycles. The zero-order chi connectivity index (χ0) is 50.9. The van der Waals surface area contributed by atoms with Crippen LogP contribution in [0.4, 0.5) is 21.1 Å². The highest BCUT2D eigenvalue weighted by Gasteiger charge is 2.41. The zero-order valence-electron chi connectivity index (χ0n) is 42.6. The number of hydrogen-bond donors (Lipinski definition) is 4. The standard InChI is InChI=1S/C55H67N11O7/c1-32(2)48(61-54(69)71-5)52(67)64-22-8-12-45(64)50-57-39-17-14-35(29-41(39)59-50)43-19-20-44(66(43)38-11-7-10-34(28-38)37-16-21-47(56-31-37)63-24-26-73-27-25-63)36-15-18-40-42(30-36)60-51(58-40)46-13-9-23-65(46)53(68)49(33(3)4)62-55(70)72-6/h7,10-11,14-18,21,28-33,43-46,48-49H,8-9,12-13,19-20,22-27H2,1-6H3,(H,57,59)(H,58,60)(H,61,69)(H,62,70)/t43-,44-,45+,46+,48+,49+/m1/s1. The van der Waals surface area contributed by atoms with E-state index in [2.05, 4.69) is 103 Å². The first kappa shape index (κ1) is 49.4. The number of benzene rings is 3. The summed E-state index contributed by atoms with van der Waals surface area (Å²) in [5, 5.41) is 5.50. The molecule has 3 aromatic heterocycles. The van der Waals surface area contributed by atoms with Crippen LogP contribution in [0.1, 0.15) is 113 Å². The van der Waals surface area contributed by atoms with E-state index in [1.807, 2.05) is 43.7 Å². The Kier molecular flexibility index (Phi) is 14.3. The molecule has 4 saturated heterocycles. The number of morpholine rings is 1. The highest BCUT2D eigenvalue weighted by molar-refractivity contribution is 5.88. The molecule has 4 fully saturated rings. The van der Waals surface area contributed by atoms with Gasteiger partial charge in [0.2, 0.25) is 11.8 Å². The summed E-state index contributed by atoms with van der Waals surface area (Å²) >= 11 is 0. The number of ether oxygens (including phenoxy) is 3. The third kappa shape index (κ3) is 10.0. The molecule has 0 spiro atoms. The van der Waals surface area contributed by atoms with Gasteiger partial charge in [-0.05, 0) is 116 Å². The fourth-order valence-corrected chi connectivity index (χ4v) is 11.4. The van der Waals surface area contributed by atoms with Crippen molar-refractivity contribution >= 4 is 57.6 Å². The van der Waals surface area contributed by atoms with Crippen molar-refractivity contribution in [2.75, 3.05) is 63.4 Å². The van der Waals surface area contributed by atoms with Crippen molar-refractivity contribution in [3.8, 4) is 11.1 Å². The Morgan fingerprint density at radius 2 is 1.16 bits per heavy atom. The molecule has 73 heavy (non-hydrogen) atoms. The fraction of sp³-hybridized carbons (Fsp3) is 0.473. The van der Waals surface area contributed by atoms with Gasteiger partial charge < -0.3 is 54.4 Å². The lowest BCUT2D eigenvalue weighted by Gasteiger charge is -2.33. The Hall–Kier alpha value is -7.21. The van der Waals surface area contributed by atoms with Gasteiger partial charge in [-0.15, -0.1) is 0 Å². The number of carbonyl (C=O) groups excluding carboxylic acids is 4. The van der Waals surface area contributed by atoms with Crippen LogP contribution in [-0.4, -0.2) is 124 Å². The molecule has 4 aliphatic heterocycles. The minimum absolute atomic E-state index is 0.0108. The van der Waals surface area contributed by atoms with Gasteiger partial charge in [0, 0.05) is 43.6 Å². The number of hydrogen-bond acceptors (Lipinski definition) is 12. The summed E-state index contributed by atoms with van der Waals surface area (Å²) in [6.07, 6.45) is 5.62. The predicted molar refractivity (Wildman–Crippen MR) is 278 cm³/mol. The van der Waals surface area contributed by atoms with Crippen LogP contribution in [0.25, 0.3) is 33.2 Å². The van der Waals surface area contributed by atoms with Gasteiger partial charge in [-0.3, -0.25) is 9.59 Å². The second kappa shape index (κ2) is 21.1. The van der Waals surface area contributed by atoms with E-state index in [1.165, 1.54) is 14.2 Å². The van der Waals surface area contributed by atoms with Gasteiger partial charge in [-0.25, -0.2) is 24.5 Å². The maximum absolute atomic E-state index is 14.0. The van der Waals surface area contributed by atoms with Crippen LogP contribution in [0.3, 0.4) is 0 Å². The Bertz CT molecular complexity index is 2820. The number of amides is 4. The first-order valence-corrected chi connectivity index (χ1v) is 25.9. The van der Waals surface area contributed by atoms with E-state index in [0.29, 0.717) is 26.3 Å². The molecule has 6 aromatic rings. The molecule has 18 heteroatoms. The molecule has 4 aliphatic rings. The lowest BCUT2D eigenvalue weighted by Crippen LogP contribution is -2.51. The van der Waals surface area contributed by atoms with Gasteiger partial charge in [0.15, 0.2) is 0 Å². The molecule has 0 unspecified atom stereocenters. The van der Waals surface area contributed by atoms with Gasteiger partial charge in [-0.1, -0.05) is 52.0 Å². The van der Waals surface area contributed by atoms with Crippen molar-refractivity contribution in [1.82, 2.24) is 45.4 Å². The van der Waals surface area contributed by atoms with Crippen molar-refractivity contribution in [3.05, 3.63) is 102 Å². The van der Waals surface area contributed by atoms with Crippen LogP contribution >= 0.6 is 0 Å². The lowest BCUT2D eigenvalue weighted by atomic mass is 10.0. The number of pyridine rings is 1. The van der Waals surface area contributed by atoms with E-state index in [9.17, 15) is 19.2 Å². The van der Waals surface area contributed by atoms with Gasteiger partial charge in [0.05, 0.1) is 73.7 Å². The first-order chi connectivity index (χ1) is 35.4. The van der Waals surface area contributed by atoms with Crippen LogP contribution in [0.5, 0.6) is 0 Å². The quantitative estimate of drug-likeness (QED) is 0.0861. The molecule has 0 radical (unpaired) electrons. The molecule has 6 atom stereocenters. The molecule has 4 amide bonds. The van der Waals surface area contributed by atoms with Crippen molar-refractivity contribution in [1.29, 1.82) is 0 Å². The minimum atomic E-state index is -0.723. The average Bonchev–Trinajstić information content (AvgIpc) is 4.28.